The number of nitrogens with one attached hydrogen (secondary N) is 1. The summed E-state index contributed by atoms with van der Waals surface area (Å²) in [5, 5.41) is 14.3. The Labute approximate surface area is 124 Å². The number of sulfonamides is 1. The average molecular weight is 313 g/mol. The van der Waals surface area contributed by atoms with Crippen molar-refractivity contribution in [3.8, 4) is 0 Å². The smallest absolute Gasteiger partial charge is 0.289 e. The van der Waals surface area contributed by atoms with E-state index in [1.54, 1.807) is 0 Å². The van der Waals surface area contributed by atoms with Crippen LogP contribution in [-0.2, 0) is 10.0 Å². The van der Waals surface area contributed by atoms with Crippen LogP contribution in [0.3, 0.4) is 0 Å². The standard InChI is InChI=1S/C13H19N3O4S/c1-15(11-5-4-9-14-10-8-11)21(19,20)13-7-3-2-6-12(13)16(17)18/h2-3,6-7,11,14H,4-5,8-10H2,1H3. The third kappa shape index (κ3) is 3.39. The van der Waals surface area contributed by atoms with E-state index in [1.807, 2.05) is 0 Å². The van der Waals surface area contributed by atoms with Crippen LogP contribution < -0.4 is 5.32 Å². The molecule has 7 nitrogen and oxygen atoms in total. The largest absolute Gasteiger partial charge is 0.317 e. The van der Waals surface area contributed by atoms with E-state index in [4.69, 9.17) is 0 Å². The topological polar surface area (TPSA) is 92.6 Å². The van der Waals surface area contributed by atoms with E-state index in [9.17, 15) is 18.5 Å². The fraction of sp³-hybridized carbons (Fsp3) is 0.538. The second-order valence-corrected chi connectivity index (χ2v) is 7.05. The van der Waals surface area contributed by atoms with E-state index in [0.717, 1.165) is 25.9 Å². The van der Waals surface area contributed by atoms with Gasteiger partial charge >= 0.3 is 0 Å². The number of benzene rings is 1. The lowest BCUT2D eigenvalue weighted by molar-refractivity contribution is -0.387. The normalized spacial score (nSPS) is 20.2. The van der Waals surface area contributed by atoms with Crippen LogP contribution >= 0.6 is 0 Å². The molecule has 0 amide bonds. The van der Waals surface area contributed by atoms with Crippen molar-refractivity contribution >= 4 is 15.7 Å². The second kappa shape index (κ2) is 6.50. The highest BCUT2D eigenvalue weighted by molar-refractivity contribution is 7.89. The van der Waals surface area contributed by atoms with Crippen LogP contribution in [0.2, 0.25) is 0 Å². The highest BCUT2D eigenvalue weighted by atomic mass is 32.2. The van der Waals surface area contributed by atoms with Gasteiger partial charge in [0.25, 0.3) is 5.69 Å². The Bertz CT molecular complexity index is 610. The van der Waals surface area contributed by atoms with Gasteiger partial charge in [-0.25, -0.2) is 8.42 Å². The van der Waals surface area contributed by atoms with Gasteiger partial charge in [0, 0.05) is 19.2 Å². The number of nitrogens with zero attached hydrogens (tertiary/aromatic N) is 2. The quantitative estimate of drug-likeness (QED) is 0.669. The number of para-hydroxylation sites is 1. The Morgan fingerprint density at radius 1 is 1.29 bits per heavy atom. The lowest BCUT2D eigenvalue weighted by atomic mass is 10.1. The Kier molecular flexibility index (Phi) is 4.92. The summed E-state index contributed by atoms with van der Waals surface area (Å²) in [5.41, 5.74) is -0.379. The molecule has 21 heavy (non-hydrogen) atoms. The maximum atomic E-state index is 12.7. The van der Waals surface area contributed by atoms with Crippen LogP contribution in [0, 0.1) is 10.1 Å². The molecule has 0 spiro atoms. The minimum absolute atomic E-state index is 0.134. The number of hydrogen-bond donors (Lipinski definition) is 1. The Morgan fingerprint density at radius 3 is 2.71 bits per heavy atom. The van der Waals surface area contributed by atoms with Gasteiger partial charge in [-0.2, -0.15) is 4.31 Å². The predicted molar refractivity (Wildman–Crippen MR) is 78.6 cm³/mol. The summed E-state index contributed by atoms with van der Waals surface area (Å²) in [7, 11) is -2.36. The molecule has 1 aliphatic heterocycles. The maximum absolute atomic E-state index is 12.7. The summed E-state index contributed by atoms with van der Waals surface area (Å²) < 4.78 is 26.6. The van der Waals surface area contributed by atoms with Gasteiger partial charge in [0.1, 0.15) is 0 Å². The van der Waals surface area contributed by atoms with Gasteiger partial charge in [0.15, 0.2) is 4.90 Å². The van der Waals surface area contributed by atoms with Crippen molar-refractivity contribution in [2.45, 2.75) is 30.2 Å². The highest BCUT2D eigenvalue weighted by Gasteiger charge is 2.33. The third-order valence-corrected chi connectivity index (χ3v) is 5.74. The van der Waals surface area contributed by atoms with Gasteiger partial charge in [-0.15, -0.1) is 0 Å². The summed E-state index contributed by atoms with van der Waals surface area (Å²) in [6.45, 7) is 1.62. The Balaban J connectivity index is 2.35. The monoisotopic (exact) mass is 313 g/mol. The highest BCUT2D eigenvalue weighted by Crippen LogP contribution is 2.28. The van der Waals surface area contributed by atoms with Crippen molar-refractivity contribution in [2.24, 2.45) is 0 Å². The van der Waals surface area contributed by atoms with Crippen molar-refractivity contribution in [3.05, 3.63) is 34.4 Å². The van der Waals surface area contributed by atoms with E-state index in [0.29, 0.717) is 6.42 Å². The molecule has 116 valence electrons. The second-order valence-electron chi connectivity index (χ2n) is 5.08. The van der Waals surface area contributed by atoms with Crippen molar-refractivity contribution in [3.63, 3.8) is 0 Å². The molecular formula is C13H19N3O4S. The zero-order chi connectivity index (χ0) is 15.5. The van der Waals surface area contributed by atoms with Crippen LogP contribution in [-0.4, -0.2) is 43.8 Å². The first-order chi connectivity index (χ1) is 9.94. The number of nitro benzene ring substituents is 1. The first-order valence-corrected chi connectivity index (χ1v) is 8.31. The van der Waals surface area contributed by atoms with Gasteiger partial charge in [0.2, 0.25) is 10.0 Å². The number of hydrogen-bond acceptors (Lipinski definition) is 5. The summed E-state index contributed by atoms with van der Waals surface area (Å²) in [4.78, 5) is 10.1. The first-order valence-electron chi connectivity index (χ1n) is 6.87. The number of nitro groups is 1. The van der Waals surface area contributed by atoms with E-state index in [2.05, 4.69) is 5.32 Å². The third-order valence-electron chi connectivity index (χ3n) is 3.78. The molecule has 1 fully saturated rings. The van der Waals surface area contributed by atoms with Gasteiger partial charge in [0.05, 0.1) is 4.92 Å². The van der Waals surface area contributed by atoms with Gasteiger partial charge in [-0.1, -0.05) is 12.1 Å². The van der Waals surface area contributed by atoms with E-state index < -0.39 is 14.9 Å². The fourth-order valence-corrected chi connectivity index (χ4v) is 4.11. The van der Waals surface area contributed by atoms with E-state index in [1.165, 1.54) is 35.6 Å². The van der Waals surface area contributed by atoms with E-state index >= 15 is 0 Å². The zero-order valence-electron chi connectivity index (χ0n) is 11.9. The lowest BCUT2D eigenvalue weighted by Crippen LogP contribution is -2.37. The van der Waals surface area contributed by atoms with Crippen LogP contribution in [0.4, 0.5) is 5.69 Å². The SMILES string of the molecule is CN(C1CCCNCC1)S(=O)(=O)c1ccccc1[N+](=O)[O-]. The molecule has 1 atom stereocenters. The van der Waals surface area contributed by atoms with Crippen molar-refractivity contribution in [1.29, 1.82) is 0 Å². The molecule has 1 aliphatic rings. The van der Waals surface area contributed by atoms with Crippen LogP contribution in [0.15, 0.2) is 29.2 Å². The summed E-state index contributed by atoms with van der Waals surface area (Å²) in [6, 6.07) is 5.34. The maximum Gasteiger partial charge on any atom is 0.289 e. The van der Waals surface area contributed by atoms with Gasteiger partial charge in [-0.05, 0) is 38.4 Å². The molecule has 0 aliphatic carbocycles. The summed E-state index contributed by atoms with van der Waals surface area (Å²) >= 11 is 0. The minimum Gasteiger partial charge on any atom is -0.317 e. The molecule has 1 N–H and O–H groups in total. The fourth-order valence-electron chi connectivity index (χ4n) is 2.54. The molecule has 0 bridgehead atoms. The predicted octanol–water partition coefficient (Wildman–Crippen LogP) is 1.36. The molecule has 0 aromatic heterocycles. The van der Waals surface area contributed by atoms with Crippen molar-refractivity contribution in [2.75, 3.05) is 20.1 Å². The van der Waals surface area contributed by atoms with Crippen LogP contribution in [0.5, 0.6) is 0 Å². The number of rotatable bonds is 4. The molecule has 1 saturated heterocycles. The Hall–Kier alpha value is -1.51. The van der Waals surface area contributed by atoms with Crippen LogP contribution in [0.25, 0.3) is 0 Å². The molecule has 1 aromatic rings. The van der Waals surface area contributed by atoms with Crippen molar-refractivity contribution < 1.29 is 13.3 Å². The molecule has 1 unspecified atom stereocenters. The molecule has 2 rings (SSSR count). The summed E-state index contributed by atoms with van der Waals surface area (Å²) in [5.74, 6) is 0. The zero-order valence-corrected chi connectivity index (χ0v) is 12.7. The molecule has 1 heterocycles. The first kappa shape index (κ1) is 15.9. The molecular weight excluding hydrogens is 294 g/mol. The van der Waals surface area contributed by atoms with E-state index in [-0.39, 0.29) is 16.6 Å². The van der Waals surface area contributed by atoms with Gasteiger partial charge < -0.3 is 5.32 Å². The average Bonchev–Trinajstić information content (AvgIpc) is 2.75. The van der Waals surface area contributed by atoms with Crippen molar-refractivity contribution in [1.82, 2.24) is 9.62 Å². The lowest BCUT2D eigenvalue weighted by Gasteiger charge is -2.26. The molecule has 0 radical (unpaired) electrons. The summed E-state index contributed by atoms with van der Waals surface area (Å²) in [6.07, 6.45) is 2.35. The van der Waals surface area contributed by atoms with Gasteiger partial charge in [-0.3, -0.25) is 10.1 Å². The molecule has 8 heteroatoms. The molecule has 0 saturated carbocycles. The minimum atomic E-state index is -3.87. The molecule has 1 aromatic carbocycles. The van der Waals surface area contributed by atoms with Crippen LogP contribution in [0.1, 0.15) is 19.3 Å². The Morgan fingerprint density at radius 2 is 2.00 bits per heavy atom.